The Morgan fingerprint density at radius 3 is 2.46 bits per heavy atom. The molecule has 1 aliphatic rings. The first-order valence-electron chi connectivity index (χ1n) is 13.2. The van der Waals surface area contributed by atoms with E-state index in [2.05, 4.69) is 15.6 Å². The van der Waals surface area contributed by atoms with E-state index in [-0.39, 0.29) is 43.1 Å². The Kier molecular flexibility index (Phi) is 9.63. The normalized spacial score (nSPS) is 17.7. The fraction of sp³-hybridized carbons (Fsp3) is 0.517. The van der Waals surface area contributed by atoms with Crippen molar-refractivity contribution in [3.8, 4) is 0 Å². The molecule has 2 N–H and O–H groups in total. The Hall–Kier alpha value is -3.56. The summed E-state index contributed by atoms with van der Waals surface area (Å²) in [6, 6.07) is 12.7. The highest BCUT2D eigenvalue weighted by atomic mass is 19.3. The van der Waals surface area contributed by atoms with Gasteiger partial charge in [-0.25, -0.2) is 18.6 Å². The Bertz CT molecular complexity index is 1170. The van der Waals surface area contributed by atoms with Gasteiger partial charge in [-0.15, -0.1) is 0 Å². The van der Waals surface area contributed by atoms with Gasteiger partial charge in [-0.1, -0.05) is 37.3 Å². The van der Waals surface area contributed by atoms with E-state index in [0.717, 1.165) is 10.5 Å². The van der Waals surface area contributed by atoms with Gasteiger partial charge in [0.2, 0.25) is 0 Å². The number of ether oxygens (including phenoxy) is 1. The number of halogens is 2. The monoisotopic (exact) mass is 544 g/mol. The molecular weight excluding hydrogens is 506 g/mol. The zero-order chi connectivity index (χ0) is 28.8. The zero-order valence-electron chi connectivity index (χ0n) is 23.2. The number of amides is 3. The molecule has 0 radical (unpaired) electrons. The van der Waals surface area contributed by atoms with Crippen LogP contribution in [-0.2, 0) is 4.74 Å². The number of rotatable bonds is 8. The number of benzene rings is 1. The summed E-state index contributed by atoms with van der Waals surface area (Å²) in [4.78, 5) is 43.0. The maximum absolute atomic E-state index is 14.8. The van der Waals surface area contributed by atoms with E-state index in [9.17, 15) is 23.2 Å². The summed E-state index contributed by atoms with van der Waals surface area (Å²) in [5.41, 5.74) is 1.21. The highest BCUT2D eigenvalue weighted by molar-refractivity contribution is 5.98. The molecule has 0 saturated carbocycles. The first kappa shape index (κ1) is 30.0. The first-order chi connectivity index (χ1) is 18.3. The van der Waals surface area contributed by atoms with Crippen molar-refractivity contribution < 1.29 is 27.9 Å². The number of carbonyl (C=O) groups is 3. The molecule has 1 fully saturated rings. The third-order valence-electron chi connectivity index (χ3n) is 6.72. The van der Waals surface area contributed by atoms with Gasteiger partial charge >= 0.3 is 6.09 Å². The molecule has 10 heteroatoms. The van der Waals surface area contributed by atoms with Crippen molar-refractivity contribution in [2.24, 2.45) is 5.92 Å². The second-order valence-corrected chi connectivity index (χ2v) is 10.9. The van der Waals surface area contributed by atoms with Crippen LogP contribution in [-0.4, -0.2) is 66.0 Å². The van der Waals surface area contributed by atoms with Crippen LogP contribution in [0.1, 0.15) is 85.0 Å². The summed E-state index contributed by atoms with van der Waals surface area (Å²) in [6.07, 6.45) is -0.0341. The predicted octanol–water partition coefficient (Wildman–Crippen LogP) is 5.00. The molecule has 3 amide bonds. The standard InChI is InChI=1S/C29H38F2N4O4/c1-19(20-10-7-6-8-11-20)23-16-21(17-24(34-23)26(37)32-5)25(36)33-14-9-12-22-13-15-35(18-29(22,30)31)27(38)39-28(2,3)4/h6-8,10-11,16-17,19,22H,9,12-15,18H2,1-5H3,(H,32,37)(H,33,36)/t19?,22-/m0/s1. The Morgan fingerprint density at radius 1 is 1.15 bits per heavy atom. The molecule has 1 aromatic heterocycles. The summed E-state index contributed by atoms with van der Waals surface area (Å²) in [5, 5.41) is 5.31. The molecule has 0 spiro atoms. The molecule has 1 unspecified atom stereocenters. The van der Waals surface area contributed by atoms with Gasteiger partial charge in [0, 0.05) is 43.2 Å². The zero-order valence-corrected chi connectivity index (χ0v) is 23.2. The van der Waals surface area contributed by atoms with Crippen LogP contribution in [0.25, 0.3) is 0 Å². The number of nitrogens with one attached hydrogen (secondary N) is 2. The van der Waals surface area contributed by atoms with Crippen LogP contribution in [0.5, 0.6) is 0 Å². The molecular formula is C29H38F2N4O4. The fourth-order valence-electron chi connectivity index (χ4n) is 4.54. The number of alkyl halides is 2. The van der Waals surface area contributed by atoms with Crippen molar-refractivity contribution in [2.45, 2.75) is 64.4 Å². The molecule has 1 aromatic carbocycles. The number of hydrogen-bond donors (Lipinski definition) is 2. The quantitative estimate of drug-likeness (QED) is 0.456. The topological polar surface area (TPSA) is 101 Å². The summed E-state index contributed by atoms with van der Waals surface area (Å²) in [7, 11) is 1.49. The van der Waals surface area contributed by atoms with Crippen molar-refractivity contribution in [2.75, 3.05) is 26.7 Å². The third-order valence-corrected chi connectivity index (χ3v) is 6.72. The molecule has 0 aliphatic carbocycles. The molecule has 39 heavy (non-hydrogen) atoms. The van der Waals surface area contributed by atoms with Crippen LogP contribution >= 0.6 is 0 Å². The number of nitrogens with zero attached hydrogens (tertiary/aromatic N) is 2. The third kappa shape index (κ3) is 8.21. The molecule has 1 aliphatic heterocycles. The number of carbonyl (C=O) groups excluding carboxylic acids is 3. The molecule has 1 saturated heterocycles. The number of likely N-dealkylation sites (tertiary alicyclic amines) is 1. The molecule has 212 valence electrons. The van der Waals surface area contributed by atoms with E-state index in [1.54, 1.807) is 26.8 Å². The second-order valence-electron chi connectivity index (χ2n) is 10.9. The number of piperidine rings is 1. The lowest BCUT2D eigenvalue weighted by molar-refractivity contribution is -0.112. The Morgan fingerprint density at radius 2 is 1.85 bits per heavy atom. The summed E-state index contributed by atoms with van der Waals surface area (Å²) in [5.74, 6) is -4.92. The minimum absolute atomic E-state index is 0.124. The molecule has 0 bridgehead atoms. The number of hydrogen-bond acceptors (Lipinski definition) is 5. The van der Waals surface area contributed by atoms with E-state index in [0.29, 0.717) is 12.1 Å². The Balaban J connectivity index is 1.59. The minimum atomic E-state index is -3.05. The van der Waals surface area contributed by atoms with Crippen molar-refractivity contribution in [1.29, 1.82) is 0 Å². The Labute approximate surface area is 228 Å². The van der Waals surface area contributed by atoms with Gasteiger partial charge in [0.15, 0.2) is 0 Å². The van der Waals surface area contributed by atoms with Crippen LogP contribution in [0.15, 0.2) is 42.5 Å². The second kappa shape index (κ2) is 12.5. The highest BCUT2D eigenvalue weighted by Crippen LogP contribution is 2.36. The van der Waals surface area contributed by atoms with E-state index >= 15 is 0 Å². The fourth-order valence-corrected chi connectivity index (χ4v) is 4.54. The average molecular weight is 545 g/mol. The van der Waals surface area contributed by atoms with Gasteiger partial charge in [0.05, 0.1) is 6.54 Å². The van der Waals surface area contributed by atoms with Gasteiger partial charge in [-0.2, -0.15) is 0 Å². The maximum Gasteiger partial charge on any atom is 0.410 e. The molecule has 2 heterocycles. The van der Waals surface area contributed by atoms with Gasteiger partial charge in [0.1, 0.15) is 11.3 Å². The highest BCUT2D eigenvalue weighted by Gasteiger charge is 2.46. The van der Waals surface area contributed by atoms with Crippen LogP contribution < -0.4 is 10.6 Å². The average Bonchev–Trinajstić information content (AvgIpc) is 2.89. The van der Waals surface area contributed by atoms with Crippen molar-refractivity contribution in [1.82, 2.24) is 20.5 Å². The molecule has 3 rings (SSSR count). The van der Waals surface area contributed by atoms with Crippen molar-refractivity contribution in [3.05, 3.63) is 65.0 Å². The number of pyridine rings is 1. The maximum atomic E-state index is 14.8. The minimum Gasteiger partial charge on any atom is -0.444 e. The first-order valence-corrected chi connectivity index (χ1v) is 13.2. The largest absolute Gasteiger partial charge is 0.444 e. The summed E-state index contributed by atoms with van der Waals surface area (Å²) >= 11 is 0. The lowest BCUT2D eigenvalue weighted by Gasteiger charge is -2.38. The van der Waals surface area contributed by atoms with Gasteiger partial charge in [0.25, 0.3) is 17.7 Å². The van der Waals surface area contributed by atoms with Crippen LogP contribution in [0.3, 0.4) is 0 Å². The van der Waals surface area contributed by atoms with Crippen LogP contribution in [0.4, 0.5) is 13.6 Å². The van der Waals surface area contributed by atoms with Gasteiger partial charge in [-0.05, 0) is 57.7 Å². The molecule has 2 aromatic rings. The van der Waals surface area contributed by atoms with Crippen LogP contribution in [0.2, 0.25) is 0 Å². The SMILES string of the molecule is CNC(=O)c1cc(C(=O)NCCC[C@H]2CCN(C(=O)OC(C)(C)C)CC2(F)F)cc(C(C)c2ccccc2)n1. The van der Waals surface area contributed by atoms with E-state index in [1.807, 2.05) is 37.3 Å². The van der Waals surface area contributed by atoms with Crippen molar-refractivity contribution in [3.63, 3.8) is 0 Å². The van der Waals surface area contributed by atoms with Crippen LogP contribution in [0, 0.1) is 5.92 Å². The smallest absolute Gasteiger partial charge is 0.410 e. The lowest BCUT2D eigenvalue weighted by Crippen LogP contribution is -2.51. The lowest BCUT2D eigenvalue weighted by atomic mass is 9.89. The van der Waals surface area contributed by atoms with E-state index in [4.69, 9.17) is 4.74 Å². The predicted molar refractivity (Wildman–Crippen MR) is 144 cm³/mol. The summed E-state index contributed by atoms with van der Waals surface area (Å²) < 4.78 is 34.8. The van der Waals surface area contributed by atoms with Gasteiger partial charge in [-0.3, -0.25) is 9.59 Å². The summed E-state index contributed by atoms with van der Waals surface area (Å²) in [6.45, 7) is 6.74. The van der Waals surface area contributed by atoms with Crippen molar-refractivity contribution >= 4 is 17.9 Å². The number of aromatic nitrogens is 1. The van der Waals surface area contributed by atoms with E-state index < -0.39 is 41.9 Å². The molecule has 2 atom stereocenters. The van der Waals surface area contributed by atoms with Gasteiger partial charge < -0.3 is 20.3 Å². The molecule has 8 nitrogen and oxygen atoms in total. The van der Waals surface area contributed by atoms with E-state index in [1.165, 1.54) is 13.1 Å².